The minimum absolute atomic E-state index is 0.269. The summed E-state index contributed by atoms with van der Waals surface area (Å²) in [4.78, 5) is 13.1. The van der Waals surface area contributed by atoms with Crippen molar-refractivity contribution in [3.8, 4) is 22.9 Å². The highest BCUT2D eigenvalue weighted by Gasteiger charge is 2.20. The second-order valence-corrected chi connectivity index (χ2v) is 8.32. The van der Waals surface area contributed by atoms with Gasteiger partial charge in [0.25, 0.3) is 5.91 Å². The van der Waals surface area contributed by atoms with Crippen LogP contribution in [0.3, 0.4) is 0 Å². The number of nitrogens with zero attached hydrogens (tertiary/aromatic N) is 3. The van der Waals surface area contributed by atoms with Gasteiger partial charge in [0.1, 0.15) is 5.82 Å². The molecule has 33 heavy (non-hydrogen) atoms. The molecule has 0 aliphatic carbocycles. The summed E-state index contributed by atoms with van der Waals surface area (Å²) in [6, 6.07) is 8.83. The number of hydrogen-bond acceptors (Lipinski definition) is 5. The molecule has 1 aliphatic heterocycles. The molecule has 2 heterocycles. The first kappa shape index (κ1) is 22.9. The van der Waals surface area contributed by atoms with Gasteiger partial charge in [0, 0.05) is 35.3 Å². The van der Waals surface area contributed by atoms with Crippen LogP contribution in [0.5, 0.6) is 11.5 Å². The van der Waals surface area contributed by atoms with Gasteiger partial charge in [-0.15, -0.1) is 16.8 Å². The third-order valence-electron chi connectivity index (χ3n) is 5.76. The van der Waals surface area contributed by atoms with Gasteiger partial charge in [0.15, 0.2) is 17.3 Å². The molecule has 4 rings (SSSR count). The Bertz CT molecular complexity index is 1190. The number of anilines is 1. The molecule has 1 aliphatic rings. The normalized spacial score (nSPS) is 13.1. The van der Waals surface area contributed by atoms with Gasteiger partial charge >= 0.3 is 0 Å². The average Bonchev–Trinajstić information content (AvgIpc) is 3.07. The number of aryl methyl sites for hydroxylation is 1. The Morgan fingerprint density at radius 2 is 2.03 bits per heavy atom. The maximum atomic E-state index is 13.1. The summed E-state index contributed by atoms with van der Waals surface area (Å²) >= 11 is 6.52. The van der Waals surface area contributed by atoms with E-state index in [1.165, 1.54) is 6.42 Å². The van der Waals surface area contributed by atoms with Crippen molar-refractivity contribution in [3.63, 3.8) is 0 Å². The number of rotatable bonds is 7. The van der Waals surface area contributed by atoms with Crippen LogP contribution >= 0.6 is 11.6 Å². The monoisotopic (exact) mass is 466 g/mol. The Balaban J connectivity index is 1.65. The van der Waals surface area contributed by atoms with Crippen molar-refractivity contribution in [2.75, 3.05) is 19.5 Å². The van der Waals surface area contributed by atoms with E-state index in [9.17, 15) is 4.79 Å². The Kier molecular flexibility index (Phi) is 6.99. The van der Waals surface area contributed by atoms with Crippen LogP contribution in [0.4, 0.5) is 5.69 Å². The molecule has 1 aromatic heterocycles. The molecule has 0 fully saturated rings. The Labute approximate surface area is 198 Å². The second-order valence-electron chi connectivity index (χ2n) is 7.91. The van der Waals surface area contributed by atoms with Crippen LogP contribution in [0.15, 0.2) is 43.0 Å². The topological polar surface area (TPSA) is 78.3 Å². The highest BCUT2D eigenvalue weighted by atomic mass is 35.5. The number of aromatic nitrogens is 3. The zero-order valence-corrected chi connectivity index (χ0v) is 19.6. The number of carbonyl (C=O) groups is 1. The van der Waals surface area contributed by atoms with E-state index < -0.39 is 0 Å². The van der Waals surface area contributed by atoms with E-state index in [1.54, 1.807) is 44.6 Å². The second kappa shape index (κ2) is 10.1. The predicted octanol–water partition coefficient (Wildman–Crippen LogP) is 5.32. The van der Waals surface area contributed by atoms with Gasteiger partial charge in [-0.25, -0.2) is 0 Å². The number of benzene rings is 2. The van der Waals surface area contributed by atoms with Gasteiger partial charge in [-0.05, 0) is 49.6 Å². The summed E-state index contributed by atoms with van der Waals surface area (Å²) in [5.74, 6) is 2.52. The molecular formula is C25H27ClN4O3. The van der Waals surface area contributed by atoms with Gasteiger partial charge in [0.05, 0.1) is 19.2 Å². The molecule has 0 radical (unpaired) electrons. The lowest BCUT2D eigenvalue weighted by molar-refractivity contribution is 0.102. The van der Waals surface area contributed by atoms with E-state index in [4.69, 9.17) is 21.1 Å². The fourth-order valence-electron chi connectivity index (χ4n) is 4.14. The van der Waals surface area contributed by atoms with Gasteiger partial charge in [0.2, 0.25) is 0 Å². The van der Waals surface area contributed by atoms with Gasteiger partial charge < -0.3 is 19.4 Å². The molecule has 3 aromatic rings. The zero-order chi connectivity index (χ0) is 23.4. The van der Waals surface area contributed by atoms with Crippen molar-refractivity contribution < 1.29 is 14.3 Å². The Hall–Kier alpha value is -3.32. The van der Waals surface area contributed by atoms with Crippen LogP contribution in [0.25, 0.3) is 11.4 Å². The van der Waals surface area contributed by atoms with E-state index in [1.807, 2.05) is 6.07 Å². The third-order valence-corrected chi connectivity index (χ3v) is 6.09. The van der Waals surface area contributed by atoms with E-state index in [2.05, 4.69) is 26.7 Å². The van der Waals surface area contributed by atoms with Crippen LogP contribution < -0.4 is 14.8 Å². The van der Waals surface area contributed by atoms with E-state index in [0.29, 0.717) is 34.2 Å². The summed E-state index contributed by atoms with van der Waals surface area (Å²) in [5.41, 5.74) is 2.64. The smallest absolute Gasteiger partial charge is 0.255 e. The number of halogens is 1. The highest BCUT2D eigenvalue weighted by Crippen LogP contribution is 2.34. The molecule has 172 valence electrons. The molecule has 1 amide bonds. The fourth-order valence-corrected chi connectivity index (χ4v) is 4.35. The van der Waals surface area contributed by atoms with Crippen molar-refractivity contribution in [3.05, 3.63) is 65.0 Å². The SMILES string of the molecule is C=CCc1cc(C(=O)Nc2ccc(Cl)c(-c3nnc4n3CCCCC4)c2)cc(OC)c1OC. The Morgan fingerprint density at radius 1 is 1.18 bits per heavy atom. The number of nitrogens with one attached hydrogen (secondary N) is 1. The van der Waals surface area contributed by atoms with Crippen LogP contribution in [0.1, 0.15) is 41.0 Å². The minimum atomic E-state index is -0.269. The standard InChI is InChI=1S/C25H27ClN4O3/c1-4-8-16-13-17(14-21(32-2)23(16)33-3)25(31)27-18-10-11-20(26)19(15-18)24-29-28-22-9-6-5-7-12-30(22)24/h4,10-11,13-15H,1,5-9,12H2,2-3H3,(H,27,31). The van der Waals surface area contributed by atoms with E-state index >= 15 is 0 Å². The largest absolute Gasteiger partial charge is 0.493 e. The molecule has 0 saturated carbocycles. The number of allylic oxidation sites excluding steroid dienone is 1. The molecule has 0 unspecified atom stereocenters. The number of ether oxygens (including phenoxy) is 2. The van der Waals surface area contributed by atoms with E-state index in [-0.39, 0.29) is 5.91 Å². The van der Waals surface area contributed by atoms with Crippen LogP contribution in [0.2, 0.25) is 5.02 Å². The van der Waals surface area contributed by atoms with Crippen molar-refractivity contribution in [2.24, 2.45) is 0 Å². The van der Waals surface area contributed by atoms with Gasteiger partial charge in [-0.2, -0.15) is 0 Å². The first-order valence-electron chi connectivity index (χ1n) is 10.9. The zero-order valence-electron chi connectivity index (χ0n) is 18.9. The van der Waals surface area contributed by atoms with Crippen molar-refractivity contribution >= 4 is 23.2 Å². The lowest BCUT2D eigenvalue weighted by Crippen LogP contribution is -2.13. The van der Waals surface area contributed by atoms with E-state index in [0.717, 1.165) is 48.6 Å². The molecule has 0 bridgehead atoms. The Morgan fingerprint density at radius 3 is 2.79 bits per heavy atom. The van der Waals surface area contributed by atoms with Gasteiger partial charge in [-0.1, -0.05) is 24.1 Å². The molecule has 2 aromatic carbocycles. The molecule has 1 N–H and O–H groups in total. The molecular weight excluding hydrogens is 440 g/mol. The first-order valence-corrected chi connectivity index (χ1v) is 11.3. The van der Waals surface area contributed by atoms with Crippen molar-refractivity contribution in [1.82, 2.24) is 14.8 Å². The summed E-state index contributed by atoms with van der Waals surface area (Å²) in [6.07, 6.45) is 6.58. The predicted molar refractivity (Wildman–Crippen MR) is 129 cm³/mol. The molecule has 0 spiro atoms. The maximum absolute atomic E-state index is 13.1. The highest BCUT2D eigenvalue weighted by molar-refractivity contribution is 6.33. The number of carbonyl (C=O) groups excluding carboxylic acids is 1. The van der Waals surface area contributed by atoms with Crippen molar-refractivity contribution in [2.45, 2.75) is 38.6 Å². The van der Waals surface area contributed by atoms with Gasteiger partial charge in [-0.3, -0.25) is 4.79 Å². The van der Waals surface area contributed by atoms with Crippen molar-refractivity contribution in [1.29, 1.82) is 0 Å². The summed E-state index contributed by atoms with van der Waals surface area (Å²) < 4.78 is 13.0. The number of hydrogen-bond donors (Lipinski definition) is 1. The average molecular weight is 467 g/mol. The molecule has 7 nitrogen and oxygen atoms in total. The first-order chi connectivity index (χ1) is 16.0. The lowest BCUT2D eigenvalue weighted by atomic mass is 10.0. The summed E-state index contributed by atoms with van der Waals surface area (Å²) in [7, 11) is 3.12. The quantitative estimate of drug-likeness (QED) is 0.476. The summed E-state index contributed by atoms with van der Waals surface area (Å²) in [6.45, 7) is 4.65. The number of fused-ring (bicyclic) bond motifs is 1. The van der Waals surface area contributed by atoms with Crippen LogP contribution in [-0.4, -0.2) is 34.9 Å². The van der Waals surface area contributed by atoms with Crippen LogP contribution in [0, 0.1) is 0 Å². The molecule has 8 heteroatoms. The fraction of sp³-hybridized carbons (Fsp3) is 0.320. The minimum Gasteiger partial charge on any atom is -0.493 e. The lowest BCUT2D eigenvalue weighted by Gasteiger charge is -2.15. The molecule has 0 saturated heterocycles. The summed E-state index contributed by atoms with van der Waals surface area (Å²) in [5, 5.41) is 12.3. The van der Waals surface area contributed by atoms with Crippen LogP contribution in [-0.2, 0) is 19.4 Å². The third kappa shape index (κ3) is 4.73. The maximum Gasteiger partial charge on any atom is 0.255 e. The number of methoxy groups -OCH3 is 2. The molecule has 0 atom stereocenters. The number of amides is 1.